The lowest BCUT2D eigenvalue weighted by molar-refractivity contribution is -0.154. The fourth-order valence-corrected chi connectivity index (χ4v) is 4.52. The van der Waals surface area contributed by atoms with Crippen molar-refractivity contribution in [2.24, 2.45) is 10.9 Å². The SMILES string of the molecule is CCCC(C)(Oc1cc(OCCCCCOc2ccc(C(N)=NO)cc2)ccc1C(=O)N(C(C)C)C(C)C)C(=O)O. The molecule has 0 bridgehead atoms. The number of carboxylic acid groups (broad SMARTS) is 1. The highest BCUT2D eigenvalue weighted by molar-refractivity contribution is 5.98. The zero-order valence-electron chi connectivity index (χ0n) is 25.1. The molecule has 0 fully saturated rings. The van der Waals surface area contributed by atoms with E-state index in [0.717, 1.165) is 19.3 Å². The summed E-state index contributed by atoms with van der Waals surface area (Å²) in [5.41, 5.74) is 5.00. The average Bonchev–Trinajstić information content (AvgIpc) is 2.92. The molecule has 41 heavy (non-hydrogen) atoms. The quantitative estimate of drug-likeness (QED) is 0.0722. The number of nitrogens with zero attached hydrogens (tertiary/aromatic N) is 2. The molecule has 0 radical (unpaired) electrons. The van der Waals surface area contributed by atoms with E-state index in [0.29, 0.717) is 42.3 Å². The van der Waals surface area contributed by atoms with Crippen LogP contribution in [0.5, 0.6) is 17.2 Å². The zero-order valence-corrected chi connectivity index (χ0v) is 25.1. The number of oxime groups is 1. The van der Waals surface area contributed by atoms with Crippen LogP contribution < -0.4 is 19.9 Å². The molecule has 0 aliphatic heterocycles. The van der Waals surface area contributed by atoms with Crippen LogP contribution in [0, 0.1) is 0 Å². The number of ether oxygens (including phenoxy) is 3. The van der Waals surface area contributed by atoms with Crippen molar-refractivity contribution in [2.45, 2.75) is 91.3 Å². The van der Waals surface area contributed by atoms with Gasteiger partial charge in [0.1, 0.15) is 17.2 Å². The number of hydrogen-bond acceptors (Lipinski definition) is 7. The van der Waals surface area contributed by atoms with Crippen LogP contribution in [0.4, 0.5) is 0 Å². The molecule has 0 heterocycles. The van der Waals surface area contributed by atoms with Crippen molar-refractivity contribution in [2.75, 3.05) is 13.2 Å². The molecule has 0 aliphatic carbocycles. The van der Waals surface area contributed by atoms with Crippen LogP contribution in [0.25, 0.3) is 0 Å². The minimum Gasteiger partial charge on any atom is -0.494 e. The van der Waals surface area contributed by atoms with Crippen LogP contribution in [0.1, 0.15) is 89.6 Å². The first-order chi connectivity index (χ1) is 19.4. The number of aliphatic carboxylic acids is 1. The fraction of sp³-hybridized carbons (Fsp3) is 0.516. The molecule has 0 aliphatic rings. The van der Waals surface area contributed by atoms with Crippen molar-refractivity contribution in [3.63, 3.8) is 0 Å². The Bertz CT molecular complexity index is 1160. The molecule has 0 aromatic heterocycles. The molecule has 0 saturated carbocycles. The Morgan fingerprint density at radius 1 is 0.951 bits per heavy atom. The first kappa shape index (κ1) is 33.3. The average molecular weight is 572 g/mol. The molecule has 4 N–H and O–H groups in total. The number of amides is 1. The first-order valence-corrected chi connectivity index (χ1v) is 14.2. The number of carbonyl (C=O) groups excluding carboxylic acids is 1. The molecule has 2 aromatic carbocycles. The molecule has 10 heteroatoms. The standard InChI is InChI=1S/C31H45N3O7/c1-7-17-31(6,30(36)37)41-27-20-25(15-16-26(27)29(35)34(21(2)3)22(4)5)40-19-10-8-9-18-39-24-13-11-23(12-14-24)28(32)33-38/h11-16,20-22,38H,7-10,17-19H2,1-6H3,(H2,32,33)(H,36,37). The van der Waals surface area contributed by atoms with Gasteiger partial charge < -0.3 is 35.2 Å². The van der Waals surface area contributed by atoms with Gasteiger partial charge in [-0.3, -0.25) is 4.79 Å². The monoisotopic (exact) mass is 571 g/mol. The van der Waals surface area contributed by atoms with Crippen LogP contribution in [0.15, 0.2) is 47.6 Å². The summed E-state index contributed by atoms with van der Waals surface area (Å²) >= 11 is 0. The number of hydrogen-bond donors (Lipinski definition) is 3. The van der Waals surface area contributed by atoms with Crippen molar-refractivity contribution in [1.29, 1.82) is 0 Å². The minimum absolute atomic E-state index is 0.0430. The molecule has 0 saturated heterocycles. The van der Waals surface area contributed by atoms with E-state index in [4.69, 9.17) is 25.2 Å². The maximum Gasteiger partial charge on any atom is 0.347 e. The van der Waals surface area contributed by atoms with Crippen molar-refractivity contribution in [3.8, 4) is 17.2 Å². The third-order valence-electron chi connectivity index (χ3n) is 6.63. The van der Waals surface area contributed by atoms with E-state index in [1.54, 1.807) is 47.4 Å². The third kappa shape index (κ3) is 9.58. The number of amidine groups is 1. The first-order valence-electron chi connectivity index (χ1n) is 14.2. The molecule has 0 spiro atoms. The van der Waals surface area contributed by atoms with E-state index in [-0.39, 0.29) is 36.0 Å². The lowest BCUT2D eigenvalue weighted by atomic mass is 10.00. The van der Waals surface area contributed by atoms with Crippen LogP contribution in [-0.2, 0) is 4.79 Å². The normalized spacial score (nSPS) is 13.1. The summed E-state index contributed by atoms with van der Waals surface area (Å²) in [6.07, 6.45) is 3.36. The Balaban J connectivity index is 2.03. The van der Waals surface area contributed by atoms with E-state index >= 15 is 0 Å². The van der Waals surface area contributed by atoms with E-state index in [1.807, 2.05) is 34.6 Å². The second-order valence-electron chi connectivity index (χ2n) is 10.7. The van der Waals surface area contributed by atoms with Gasteiger partial charge in [0.25, 0.3) is 5.91 Å². The van der Waals surface area contributed by atoms with Gasteiger partial charge in [0, 0.05) is 23.7 Å². The summed E-state index contributed by atoms with van der Waals surface area (Å²) in [7, 11) is 0. The maximum absolute atomic E-state index is 13.5. The van der Waals surface area contributed by atoms with Gasteiger partial charge in [-0.05, 0) is 96.7 Å². The number of carboxylic acids is 1. The second kappa shape index (κ2) is 15.7. The van der Waals surface area contributed by atoms with Gasteiger partial charge in [-0.1, -0.05) is 18.5 Å². The van der Waals surface area contributed by atoms with Crippen molar-refractivity contribution < 1.29 is 34.1 Å². The van der Waals surface area contributed by atoms with Gasteiger partial charge in [-0.25, -0.2) is 4.79 Å². The number of unbranched alkanes of at least 4 members (excludes halogenated alkanes) is 2. The summed E-state index contributed by atoms with van der Waals surface area (Å²) in [6.45, 7) is 12.2. The summed E-state index contributed by atoms with van der Waals surface area (Å²) in [5, 5.41) is 21.6. The zero-order chi connectivity index (χ0) is 30.6. The lowest BCUT2D eigenvalue weighted by Crippen LogP contribution is -2.44. The van der Waals surface area contributed by atoms with Crippen molar-refractivity contribution >= 4 is 17.7 Å². The Hall–Kier alpha value is -3.95. The van der Waals surface area contributed by atoms with E-state index in [9.17, 15) is 14.7 Å². The molecule has 1 atom stereocenters. The molecular formula is C31H45N3O7. The second-order valence-corrected chi connectivity index (χ2v) is 10.7. The van der Waals surface area contributed by atoms with Crippen LogP contribution in [0.2, 0.25) is 0 Å². The fourth-order valence-electron chi connectivity index (χ4n) is 4.52. The maximum atomic E-state index is 13.5. The number of benzene rings is 2. The van der Waals surface area contributed by atoms with Gasteiger partial charge in [-0.2, -0.15) is 0 Å². The summed E-state index contributed by atoms with van der Waals surface area (Å²) in [5.74, 6) is 0.131. The van der Waals surface area contributed by atoms with Crippen molar-refractivity contribution in [1.82, 2.24) is 4.90 Å². The summed E-state index contributed by atoms with van der Waals surface area (Å²) < 4.78 is 17.8. The third-order valence-corrected chi connectivity index (χ3v) is 6.63. The summed E-state index contributed by atoms with van der Waals surface area (Å²) in [4.78, 5) is 27.4. The highest BCUT2D eigenvalue weighted by atomic mass is 16.5. The topological polar surface area (TPSA) is 144 Å². The molecule has 1 amide bonds. The number of rotatable bonds is 17. The van der Waals surface area contributed by atoms with Crippen LogP contribution in [-0.4, -0.2) is 63.8 Å². The van der Waals surface area contributed by atoms with E-state index < -0.39 is 11.6 Å². The number of carbonyl (C=O) groups is 2. The Morgan fingerprint density at radius 3 is 2.02 bits per heavy atom. The van der Waals surface area contributed by atoms with Crippen LogP contribution in [0.3, 0.4) is 0 Å². The molecule has 1 unspecified atom stereocenters. The van der Waals surface area contributed by atoms with Gasteiger partial charge in [0.15, 0.2) is 5.84 Å². The van der Waals surface area contributed by atoms with Gasteiger partial charge >= 0.3 is 5.97 Å². The Labute approximate surface area is 243 Å². The molecular weight excluding hydrogens is 526 g/mol. The number of nitrogens with two attached hydrogens (primary N) is 1. The van der Waals surface area contributed by atoms with Gasteiger partial charge in [-0.15, -0.1) is 0 Å². The van der Waals surface area contributed by atoms with E-state index in [1.165, 1.54) is 6.92 Å². The van der Waals surface area contributed by atoms with E-state index in [2.05, 4.69) is 5.16 Å². The highest BCUT2D eigenvalue weighted by Crippen LogP contribution is 2.32. The Kier molecular flexibility index (Phi) is 12.8. The lowest BCUT2D eigenvalue weighted by Gasteiger charge is -2.32. The van der Waals surface area contributed by atoms with Crippen LogP contribution >= 0.6 is 0 Å². The molecule has 10 nitrogen and oxygen atoms in total. The molecule has 2 aromatic rings. The predicted molar refractivity (Wildman–Crippen MR) is 158 cm³/mol. The Morgan fingerprint density at radius 2 is 1.51 bits per heavy atom. The largest absolute Gasteiger partial charge is 0.494 e. The molecule has 2 rings (SSSR count). The molecule has 226 valence electrons. The smallest absolute Gasteiger partial charge is 0.347 e. The van der Waals surface area contributed by atoms with Gasteiger partial charge in [0.2, 0.25) is 5.60 Å². The minimum atomic E-state index is -1.48. The summed E-state index contributed by atoms with van der Waals surface area (Å²) in [6, 6.07) is 11.9. The predicted octanol–water partition coefficient (Wildman–Crippen LogP) is 5.69. The highest BCUT2D eigenvalue weighted by Gasteiger charge is 2.36. The van der Waals surface area contributed by atoms with Gasteiger partial charge in [0.05, 0.1) is 18.8 Å². The van der Waals surface area contributed by atoms with Crippen molar-refractivity contribution in [3.05, 3.63) is 53.6 Å².